The Hall–Kier alpha value is -3.13. The fourth-order valence-electron chi connectivity index (χ4n) is 2.90. The lowest BCUT2D eigenvalue weighted by atomic mass is 10.1. The number of nitrogens with one attached hydrogen (secondary N) is 1. The van der Waals surface area contributed by atoms with E-state index < -0.39 is 11.9 Å². The second-order valence-electron chi connectivity index (χ2n) is 6.43. The lowest BCUT2D eigenvalue weighted by molar-refractivity contribution is -0.141. The van der Waals surface area contributed by atoms with Crippen LogP contribution in [0.4, 0.5) is 0 Å². The fraction of sp³-hybridized carbons (Fsp3) is 0.381. The Kier molecular flexibility index (Phi) is 7.97. The first-order valence-electron chi connectivity index (χ1n) is 9.14. The van der Waals surface area contributed by atoms with Crippen molar-refractivity contribution in [3.63, 3.8) is 0 Å². The van der Waals surface area contributed by atoms with Crippen molar-refractivity contribution in [3.05, 3.63) is 52.8 Å². The quantitative estimate of drug-likeness (QED) is 0.482. The average molecular weight is 402 g/mol. The SMILES string of the molecule is COCCn1c(C)cc(C(=O)COC(=O)CNC(=O)c2cccc(OC)c2)c1C. The molecule has 8 nitrogen and oxygen atoms in total. The minimum absolute atomic E-state index is 0.297. The summed E-state index contributed by atoms with van der Waals surface area (Å²) in [5, 5.41) is 2.46. The molecule has 0 bridgehead atoms. The lowest BCUT2D eigenvalue weighted by Gasteiger charge is -2.09. The molecule has 0 aliphatic rings. The van der Waals surface area contributed by atoms with Crippen LogP contribution in [0.25, 0.3) is 0 Å². The number of rotatable bonds is 10. The number of hydrogen-bond acceptors (Lipinski definition) is 6. The molecule has 0 fully saturated rings. The molecule has 0 spiro atoms. The minimum atomic E-state index is -0.692. The largest absolute Gasteiger partial charge is 0.497 e. The van der Waals surface area contributed by atoms with Crippen LogP contribution in [0.1, 0.15) is 32.1 Å². The Morgan fingerprint density at radius 2 is 1.86 bits per heavy atom. The maximum atomic E-state index is 12.4. The number of methoxy groups -OCH3 is 2. The summed E-state index contributed by atoms with van der Waals surface area (Å²) in [4.78, 5) is 36.4. The van der Waals surface area contributed by atoms with Gasteiger partial charge in [-0.2, -0.15) is 0 Å². The highest BCUT2D eigenvalue weighted by molar-refractivity contribution is 6.00. The summed E-state index contributed by atoms with van der Waals surface area (Å²) in [7, 11) is 3.12. The highest BCUT2D eigenvalue weighted by Gasteiger charge is 2.17. The number of nitrogens with zero attached hydrogens (tertiary/aromatic N) is 1. The van der Waals surface area contributed by atoms with Gasteiger partial charge in [0.05, 0.1) is 13.7 Å². The number of Topliss-reactive ketones (excluding diaryl/α,β-unsaturated/α-hetero) is 1. The van der Waals surface area contributed by atoms with Gasteiger partial charge in [-0.25, -0.2) is 0 Å². The summed E-state index contributed by atoms with van der Waals surface area (Å²) in [6.07, 6.45) is 0. The molecular formula is C21H26N2O6. The number of aryl methyl sites for hydroxylation is 1. The summed E-state index contributed by atoms with van der Waals surface area (Å²) in [5.41, 5.74) is 2.59. The number of benzene rings is 1. The van der Waals surface area contributed by atoms with Gasteiger partial charge in [0.25, 0.3) is 5.91 Å². The number of aromatic nitrogens is 1. The van der Waals surface area contributed by atoms with Gasteiger partial charge in [-0.05, 0) is 38.1 Å². The Morgan fingerprint density at radius 1 is 1.10 bits per heavy atom. The zero-order chi connectivity index (χ0) is 21.4. The molecule has 0 saturated heterocycles. The van der Waals surface area contributed by atoms with Gasteiger partial charge in [0, 0.05) is 36.2 Å². The van der Waals surface area contributed by atoms with E-state index >= 15 is 0 Å². The fourth-order valence-corrected chi connectivity index (χ4v) is 2.90. The van der Waals surface area contributed by atoms with E-state index in [0.29, 0.717) is 30.0 Å². The van der Waals surface area contributed by atoms with Crippen molar-refractivity contribution >= 4 is 17.7 Å². The Labute approximate surface area is 169 Å². The van der Waals surface area contributed by atoms with Gasteiger partial charge in [0.1, 0.15) is 12.3 Å². The standard InChI is InChI=1S/C21H26N2O6/c1-14-10-18(15(2)23(14)8-9-27-3)19(24)13-29-20(25)12-22-21(26)16-6-5-7-17(11-16)28-4/h5-7,10-11H,8-9,12-13H2,1-4H3,(H,22,26). The molecule has 1 aromatic carbocycles. The van der Waals surface area contributed by atoms with Crippen LogP contribution in [0.2, 0.25) is 0 Å². The smallest absolute Gasteiger partial charge is 0.325 e. The van der Waals surface area contributed by atoms with Gasteiger partial charge in [0.2, 0.25) is 5.78 Å². The third-order valence-electron chi connectivity index (χ3n) is 4.48. The molecule has 29 heavy (non-hydrogen) atoms. The number of ether oxygens (including phenoxy) is 3. The van der Waals surface area contributed by atoms with Gasteiger partial charge in [-0.15, -0.1) is 0 Å². The van der Waals surface area contributed by atoms with Crippen molar-refractivity contribution in [2.75, 3.05) is 34.0 Å². The van der Waals surface area contributed by atoms with Crippen LogP contribution in [-0.4, -0.2) is 56.2 Å². The lowest BCUT2D eigenvalue weighted by Crippen LogP contribution is -2.31. The summed E-state index contributed by atoms with van der Waals surface area (Å²) >= 11 is 0. The van der Waals surface area contributed by atoms with Crippen LogP contribution < -0.4 is 10.1 Å². The van der Waals surface area contributed by atoms with E-state index in [1.807, 2.05) is 18.4 Å². The van der Waals surface area contributed by atoms with Crippen molar-refractivity contribution in [1.29, 1.82) is 0 Å². The summed E-state index contributed by atoms with van der Waals surface area (Å²) < 4.78 is 17.1. The van der Waals surface area contributed by atoms with E-state index in [1.165, 1.54) is 7.11 Å². The molecule has 156 valence electrons. The van der Waals surface area contributed by atoms with E-state index in [2.05, 4.69) is 5.32 Å². The van der Waals surface area contributed by atoms with Crippen LogP contribution >= 0.6 is 0 Å². The number of esters is 1. The average Bonchev–Trinajstić information content (AvgIpc) is 3.02. The summed E-state index contributed by atoms with van der Waals surface area (Å²) in [6.45, 7) is 4.19. The monoisotopic (exact) mass is 402 g/mol. The molecule has 0 aliphatic heterocycles. The molecule has 1 heterocycles. The van der Waals surface area contributed by atoms with Crippen molar-refractivity contribution in [2.24, 2.45) is 0 Å². The van der Waals surface area contributed by atoms with Gasteiger partial charge >= 0.3 is 5.97 Å². The first kappa shape index (κ1) is 22.2. The molecule has 2 aromatic rings. The third-order valence-corrected chi connectivity index (χ3v) is 4.48. The van der Waals surface area contributed by atoms with Crippen LogP contribution in [-0.2, 0) is 20.8 Å². The van der Waals surface area contributed by atoms with Crippen LogP contribution in [0, 0.1) is 13.8 Å². The minimum Gasteiger partial charge on any atom is -0.497 e. The number of carbonyl (C=O) groups is 3. The third kappa shape index (κ3) is 5.92. The zero-order valence-electron chi connectivity index (χ0n) is 17.1. The zero-order valence-corrected chi connectivity index (χ0v) is 17.1. The number of ketones is 1. The highest BCUT2D eigenvalue weighted by atomic mass is 16.5. The molecule has 0 radical (unpaired) electrons. The topological polar surface area (TPSA) is 95.9 Å². The summed E-state index contributed by atoms with van der Waals surface area (Å²) in [6, 6.07) is 8.32. The van der Waals surface area contributed by atoms with E-state index in [0.717, 1.165) is 11.4 Å². The second-order valence-corrected chi connectivity index (χ2v) is 6.43. The second kappa shape index (κ2) is 10.4. The van der Waals surface area contributed by atoms with Crippen molar-refractivity contribution in [3.8, 4) is 5.75 Å². The maximum absolute atomic E-state index is 12.4. The van der Waals surface area contributed by atoms with Gasteiger partial charge in [-0.3, -0.25) is 14.4 Å². The van der Waals surface area contributed by atoms with E-state index in [9.17, 15) is 14.4 Å². The molecular weight excluding hydrogens is 376 g/mol. The van der Waals surface area contributed by atoms with Crippen molar-refractivity contribution < 1.29 is 28.6 Å². The number of hydrogen-bond donors (Lipinski definition) is 1. The van der Waals surface area contributed by atoms with E-state index in [-0.39, 0.29) is 18.9 Å². The molecule has 0 saturated carbocycles. The summed E-state index contributed by atoms with van der Waals surface area (Å²) in [5.74, 6) is -0.889. The first-order valence-corrected chi connectivity index (χ1v) is 9.14. The van der Waals surface area contributed by atoms with Crippen LogP contribution in [0.5, 0.6) is 5.75 Å². The van der Waals surface area contributed by atoms with Crippen LogP contribution in [0.3, 0.4) is 0 Å². The van der Waals surface area contributed by atoms with E-state index in [1.54, 1.807) is 37.4 Å². The number of amides is 1. The molecule has 0 atom stereocenters. The first-order chi connectivity index (χ1) is 13.9. The van der Waals surface area contributed by atoms with Gasteiger partial charge in [-0.1, -0.05) is 6.07 Å². The molecule has 1 aromatic heterocycles. The highest BCUT2D eigenvalue weighted by Crippen LogP contribution is 2.16. The molecule has 2 rings (SSSR count). The van der Waals surface area contributed by atoms with Crippen LogP contribution in [0.15, 0.2) is 30.3 Å². The van der Waals surface area contributed by atoms with Gasteiger partial charge in [0.15, 0.2) is 6.61 Å². The Morgan fingerprint density at radius 3 is 2.55 bits per heavy atom. The van der Waals surface area contributed by atoms with Crippen molar-refractivity contribution in [2.45, 2.75) is 20.4 Å². The predicted octanol–water partition coefficient (Wildman–Crippen LogP) is 1.92. The Bertz CT molecular complexity index is 887. The predicted molar refractivity (Wildman–Crippen MR) is 106 cm³/mol. The van der Waals surface area contributed by atoms with Gasteiger partial charge < -0.3 is 24.1 Å². The molecule has 8 heteroatoms. The maximum Gasteiger partial charge on any atom is 0.325 e. The normalized spacial score (nSPS) is 10.5. The molecule has 0 aliphatic carbocycles. The van der Waals surface area contributed by atoms with E-state index in [4.69, 9.17) is 14.2 Å². The number of carbonyl (C=O) groups excluding carboxylic acids is 3. The molecule has 0 unspecified atom stereocenters. The van der Waals surface area contributed by atoms with Crippen molar-refractivity contribution in [1.82, 2.24) is 9.88 Å². The Balaban J connectivity index is 1.86. The molecule has 1 N–H and O–H groups in total. The molecule has 1 amide bonds.